The molecule has 1 fully saturated rings. The Morgan fingerprint density at radius 2 is 2.11 bits per heavy atom. The van der Waals surface area contributed by atoms with Gasteiger partial charge in [0.05, 0.1) is 22.8 Å². The molecule has 0 bridgehead atoms. The van der Waals surface area contributed by atoms with Gasteiger partial charge in [-0.2, -0.15) is 0 Å². The summed E-state index contributed by atoms with van der Waals surface area (Å²) in [7, 11) is 0. The van der Waals surface area contributed by atoms with Crippen molar-refractivity contribution in [1.82, 2.24) is 19.9 Å². The molecular formula is C21H23BrN4O2. The molecule has 4 rings (SSSR count). The number of fused-ring (bicyclic) bond motifs is 1. The number of imidazole rings is 1. The zero-order valence-electron chi connectivity index (χ0n) is 16.2. The van der Waals surface area contributed by atoms with Gasteiger partial charge in [0.2, 0.25) is 0 Å². The molecule has 0 spiro atoms. The summed E-state index contributed by atoms with van der Waals surface area (Å²) < 4.78 is 6.51. The Hall–Kier alpha value is -2.41. The molecule has 3 heterocycles. The predicted octanol–water partition coefficient (Wildman–Crippen LogP) is 5.46. The maximum atomic E-state index is 12.6. The minimum atomic E-state index is -0.509. The van der Waals surface area contributed by atoms with Gasteiger partial charge in [0, 0.05) is 22.8 Å². The maximum Gasteiger partial charge on any atom is 0.410 e. The van der Waals surface area contributed by atoms with Gasteiger partial charge in [-0.15, -0.1) is 0 Å². The minimum absolute atomic E-state index is 0.0866. The third kappa shape index (κ3) is 3.90. The molecule has 1 aliphatic heterocycles. The fourth-order valence-electron chi connectivity index (χ4n) is 3.48. The Bertz CT molecular complexity index is 1010. The van der Waals surface area contributed by atoms with E-state index in [1.807, 2.05) is 51.1 Å². The number of hydrogen-bond donors (Lipinski definition) is 1. The predicted molar refractivity (Wildman–Crippen MR) is 112 cm³/mol. The van der Waals surface area contributed by atoms with E-state index >= 15 is 0 Å². The van der Waals surface area contributed by atoms with E-state index in [9.17, 15) is 4.79 Å². The molecule has 1 amide bonds. The van der Waals surface area contributed by atoms with E-state index < -0.39 is 5.60 Å². The molecule has 1 aliphatic rings. The molecule has 0 radical (unpaired) electrons. The van der Waals surface area contributed by atoms with Crippen molar-refractivity contribution >= 4 is 33.1 Å². The quantitative estimate of drug-likeness (QED) is 0.571. The van der Waals surface area contributed by atoms with Crippen LogP contribution in [-0.4, -0.2) is 38.1 Å². The van der Waals surface area contributed by atoms with Crippen molar-refractivity contribution in [3.8, 4) is 11.3 Å². The van der Waals surface area contributed by atoms with Crippen molar-refractivity contribution in [2.75, 3.05) is 6.54 Å². The number of carbonyl (C=O) groups is 1. The van der Waals surface area contributed by atoms with Crippen molar-refractivity contribution in [3.63, 3.8) is 0 Å². The maximum absolute atomic E-state index is 12.6. The van der Waals surface area contributed by atoms with Crippen LogP contribution in [0.5, 0.6) is 0 Å². The lowest BCUT2D eigenvalue weighted by molar-refractivity contribution is 0.0219. The first-order valence-electron chi connectivity index (χ1n) is 9.41. The van der Waals surface area contributed by atoms with Gasteiger partial charge in [0.1, 0.15) is 11.4 Å². The zero-order valence-corrected chi connectivity index (χ0v) is 17.8. The highest BCUT2D eigenvalue weighted by atomic mass is 79.9. The number of hydrogen-bond acceptors (Lipinski definition) is 4. The Kier molecular flexibility index (Phi) is 4.87. The van der Waals surface area contributed by atoms with Crippen LogP contribution in [0.1, 0.15) is 45.5 Å². The lowest BCUT2D eigenvalue weighted by Crippen LogP contribution is -2.36. The molecule has 0 aliphatic carbocycles. The topological polar surface area (TPSA) is 71.1 Å². The van der Waals surface area contributed by atoms with Crippen LogP contribution in [0, 0.1) is 0 Å². The van der Waals surface area contributed by atoms with E-state index in [1.165, 1.54) is 0 Å². The zero-order chi connectivity index (χ0) is 19.9. The van der Waals surface area contributed by atoms with Crippen molar-refractivity contribution in [2.24, 2.45) is 0 Å². The number of ether oxygens (including phenoxy) is 1. The highest BCUT2D eigenvalue weighted by Crippen LogP contribution is 2.33. The summed E-state index contributed by atoms with van der Waals surface area (Å²) in [5.41, 5.74) is 3.21. The molecule has 3 aromatic rings. The smallest absolute Gasteiger partial charge is 0.410 e. The molecular weight excluding hydrogens is 420 g/mol. The second kappa shape index (κ2) is 7.20. The minimum Gasteiger partial charge on any atom is -0.444 e. The van der Waals surface area contributed by atoms with Crippen molar-refractivity contribution in [3.05, 3.63) is 46.8 Å². The van der Waals surface area contributed by atoms with Crippen molar-refractivity contribution in [1.29, 1.82) is 0 Å². The fourth-order valence-corrected chi connectivity index (χ4v) is 3.71. The number of benzene rings is 1. The molecule has 1 N–H and O–H groups in total. The van der Waals surface area contributed by atoms with Gasteiger partial charge in [0.25, 0.3) is 0 Å². The summed E-state index contributed by atoms with van der Waals surface area (Å²) in [4.78, 5) is 27.0. The van der Waals surface area contributed by atoms with Gasteiger partial charge < -0.3 is 9.72 Å². The lowest BCUT2D eigenvalue weighted by Gasteiger charge is -2.27. The van der Waals surface area contributed by atoms with Crippen LogP contribution in [-0.2, 0) is 4.74 Å². The largest absolute Gasteiger partial charge is 0.444 e. The fraction of sp³-hybridized carbons (Fsp3) is 0.381. The summed E-state index contributed by atoms with van der Waals surface area (Å²) in [6.45, 7) is 6.34. The van der Waals surface area contributed by atoms with E-state index in [-0.39, 0.29) is 12.1 Å². The average Bonchev–Trinajstić information content (AvgIpc) is 3.27. The number of carbonyl (C=O) groups excluding carboxylic acids is 1. The molecule has 2 aromatic heterocycles. The first-order chi connectivity index (χ1) is 13.3. The molecule has 6 nitrogen and oxygen atoms in total. The summed E-state index contributed by atoms with van der Waals surface area (Å²) in [5.74, 6) is 0.805. The van der Waals surface area contributed by atoms with Crippen LogP contribution in [0.15, 0.2) is 41.0 Å². The number of rotatable bonds is 2. The molecule has 7 heteroatoms. The average molecular weight is 443 g/mol. The second-order valence-corrected chi connectivity index (χ2v) is 8.96. The lowest BCUT2D eigenvalue weighted by atomic mass is 10.1. The third-order valence-electron chi connectivity index (χ3n) is 4.72. The standard InChI is InChI=1S/C21H23BrN4O2/c1-21(2,3)28-20(27)26-10-4-5-18(26)19-24-16-8-6-13(11-17(16)25-19)15-9-7-14(22)12-23-15/h6-9,11-12,18H,4-5,10H2,1-3H3,(H,24,25)/t18-/m0/s1. The first-order valence-corrected chi connectivity index (χ1v) is 10.2. The summed E-state index contributed by atoms with van der Waals surface area (Å²) in [6, 6.07) is 9.92. The molecule has 0 unspecified atom stereocenters. The van der Waals surface area contributed by atoms with Gasteiger partial charge in [-0.25, -0.2) is 9.78 Å². The highest BCUT2D eigenvalue weighted by Gasteiger charge is 2.34. The third-order valence-corrected chi connectivity index (χ3v) is 5.19. The van der Waals surface area contributed by atoms with E-state index in [2.05, 4.69) is 25.9 Å². The van der Waals surface area contributed by atoms with Crippen LogP contribution in [0.25, 0.3) is 22.3 Å². The Morgan fingerprint density at radius 1 is 1.29 bits per heavy atom. The van der Waals surface area contributed by atoms with E-state index in [0.717, 1.165) is 45.4 Å². The molecule has 28 heavy (non-hydrogen) atoms. The number of H-pyrrole nitrogens is 1. The number of amides is 1. The summed E-state index contributed by atoms with van der Waals surface area (Å²) >= 11 is 3.41. The van der Waals surface area contributed by atoms with Crippen LogP contribution in [0.2, 0.25) is 0 Å². The number of aromatic amines is 1. The molecule has 0 saturated carbocycles. The van der Waals surface area contributed by atoms with Crippen LogP contribution in [0.3, 0.4) is 0 Å². The van der Waals surface area contributed by atoms with Crippen molar-refractivity contribution in [2.45, 2.75) is 45.3 Å². The highest BCUT2D eigenvalue weighted by molar-refractivity contribution is 9.10. The van der Waals surface area contributed by atoms with Gasteiger partial charge in [-0.05, 0) is 73.8 Å². The number of nitrogens with zero attached hydrogens (tertiary/aromatic N) is 3. The Balaban J connectivity index is 1.62. The number of likely N-dealkylation sites (tertiary alicyclic amines) is 1. The summed E-state index contributed by atoms with van der Waals surface area (Å²) in [5, 5.41) is 0. The SMILES string of the molecule is CC(C)(C)OC(=O)N1CCC[C@H]1c1nc2cc(-c3ccc(Br)cn3)ccc2[nH]1. The second-order valence-electron chi connectivity index (χ2n) is 8.05. The number of halogens is 1. The van der Waals surface area contributed by atoms with Crippen LogP contribution >= 0.6 is 15.9 Å². The monoisotopic (exact) mass is 442 g/mol. The van der Waals surface area contributed by atoms with Gasteiger partial charge in [-0.1, -0.05) is 6.07 Å². The Morgan fingerprint density at radius 3 is 2.82 bits per heavy atom. The Labute approximate surface area is 172 Å². The van der Waals surface area contributed by atoms with Gasteiger partial charge in [-0.3, -0.25) is 9.88 Å². The first kappa shape index (κ1) is 18.9. The number of nitrogens with one attached hydrogen (secondary N) is 1. The summed E-state index contributed by atoms with van der Waals surface area (Å²) in [6.07, 6.45) is 3.32. The molecule has 1 atom stereocenters. The van der Waals surface area contributed by atoms with E-state index in [4.69, 9.17) is 9.72 Å². The van der Waals surface area contributed by atoms with Gasteiger partial charge >= 0.3 is 6.09 Å². The normalized spacial score (nSPS) is 17.3. The van der Waals surface area contributed by atoms with E-state index in [0.29, 0.717) is 6.54 Å². The molecule has 1 saturated heterocycles. The van der Waals surface area contributed by atoms with Gasteiger partial charge in [0.15, 0.2) is 0 Å². The molecule has 1 aromatic carbocycles. The molecule has 146 valence electrons. The van der Waals surface area contributed by atoms with Crippen LogP contribution < -0.4 is 0 Å². The number of aromatic nitrogens is 3. The number of pyridine rings is 1. The van der Waals surface area contributed by atoms with E-state index in [1.54, 1.807) is 11.1 Å². The van der Waals surface area contributed by atoms with Crippen molar-refractivity contribution < 1.29 is 9.53 Å². The van der Waals surface area contributed by atoms with Crippen LogP contribution in [0.4, 0.5) is 4.79 Å².